The van der Waals surface area contributed by atoms with E-state index in [2.05, 4.69) is 5.32 Å². The monoisotopic (exact) mass is 329 g/mol. The third-order valence-electron chi connectivity index (χ3n) is 4.70. The lowest BCUT2D eigenvalue weighted by Gasteiger charge is -2.19. The van der Waals surface area contributed by atoms with Crippen LogP contribution in [0.3, 0.4) is 0 Å². The third kappa shape index (κ3) is 3.31. The van der Waals surface area contributed by atoms with E-state index in [0.29, 0.717) is 28.9 Å². The summed E-state index contributed by atoms with van der Waals surface area (Å²) in [6.07, 6.45) is 4.57. The molecule has 0 radical (unpaired) electrons. The summed E-state index contributed by atoms with van der Waals surface area (Å²) in [4.78, 5) is 0. The topological polar surface area (TPSA) is 30.5 Å². The molecule has 0 amide bonds. The van der Waals surface area contributed by atoms with Crippen LogP contribution in [0.15, 0.2) is 48.5 Å². The highest BCUT2D eigenvalue weighted by Crippen LogP contribution is 2.39. The van der Waals surface area contributed by atoms with E-state index in [1.807, 2.05) is 48.5 Å². The lowest BCUT2D eigenvalue weighted by Crippen LogP contribution is -2.24. The summed E-state index contributed by atoms with van der Waals surface area (Å²) in [5.74, 6) is 2.08. The molecule has 2 aliphatic heterocycles. The molecule has 23 heavy (non-hydrogen) atoms. The molecule has 0 spiro atoms. The Bertz CT molecular complexity index is 676. The summed E-state index contributed by atoms with van der Waals surface area (Å²) in [5.41, 5.74) is 1.03. The van der Waals surface area contributed by atoms with Gasteiger partial charge in [-0.2, -0.15) is 0 Å². The molecule has 1 N–H and O–H groups in total. The van der Waals surface area contributed by atoms with Crippen LogP contribution in [0.1, 0.15) is 19.3 Å². The number of hydrogen-bond acceptors (Lipinski definition) is 3. The number of nitrogens with one attached hydrogen (secondary N) is 1. The average Bonchev–Trinajstić information content (AvgIpc) is 3.19. The maximum atomic E-state index is 6.35. The van der Waals surface area contributed by atoms with E-state index in [0.717, 1.165) is 18.0 Å². The van der Waals surface area contributed by atoms with Crippen LogP contribution < -0.4 is 10.1 Å². The minimum Gasteiger partial charge on any atom is -0.456 e. The molecule has 0 aliphatic carbocycles. The molecule has 120 valence electrons. The van der Waals surface area contributed by atoms with Crippen molar-refractivity contribution >= 4 is 17.3 Å². The molecule has 4 heteroatoms. The zero-order chi connectivity index (χ0) is 15.6. The molecular formula is C19H20ClNO2. The van der Waals surface area contributed by atoms with Gasteiger partial charge in [0, 0.05) is 18.2 Å². The fraction of sp³-hybridized carbons (Fsp3) is 0.368. The summed E-state index contributed by atoms with van der Waals surface area (Å²) in [5, 5.41) is 4.10. The van der Waals surface area contributed by atoms with Gasteiger partial charge in [0.05, 0.1) is 17.2 Å². The van der Waals surface area contributed by atoms with Gasteiger partial charge < -0.3 is 14.8 Å². The SMILES string of the molecule is Clc1cc(NCC2CC3CCC2O3)ccc1Oc1ccccc1. The first kappa shape index (κ1) is 14.9. The van der Waals surface area contributed by atoms with Gasteiger partial charge in [-0.05, 0) is 49.6 Å². The molecule has 4 rings (SSSR count). The third-order valence-corrected chi connectivity index (χ3v) is 5.00. The van der Waals surface area contributed by atoms with Gasteiger partial charge in [-0.1, -0.05) is 29.8 Å². The summed E-state index contributed by atoms with van der Waals surface area (Å²) in [6.45, 7) is 0.941. The smallest absolute Gasteiger partial charge is 0.146 e. The second-order valence-corrected chi connectivity index (χ2v) is 6.72. The molecule has 2 heterocycles. The van der Waals surface area contributed by atoms with E-state index in [1.165, 1.54) is 19.3 Å². The summed E-state index contributed by atoms with van der Waals surface area (Å²) in [7, 11) is 0. The molecule has 0 saturated carbocycles. The molecule has 0 aromatic heterocycles. The fourth-order valence-corrected chi connectivity index (χ4v) is 3.74. The van der Waals surface area contributed by atoms with Gasteiger partial charge in [-0.15, -0.1) is 0 Å². The van der Waals surface area contributed by atoms with Crippen molar-refractivity contribution in [3.63, 3.8) is 0 Å². The van der Waals surface area contributed by atoms with Crippen LogP contribution in [0.5, 0.6) is 11.5 Å². The first-order valence-corrected chi connectivity index (χ1v) is 8.57. The maximum Gasteiger partial charge on any atom is 0.146 e. The Labute approximate surface area is 141 Å². The molecular weight excluding hydrogens is 310 g/mol. The molecule has 3 nitrogen and oxygen atoms in total. The van der Waals surface area contributed by atoms with Crippen LogP contribution in [0, 0.1) is 5.92 Å². The normalized spacial score (nSPS) is 25.5. The van der Waals surface area contributed by atoms with E-state index < -0.39 is 0 Å². The highest BCUT2D eigenvalue weighted by Gasteiger charge is 2.40. The van der Waals surface area contributed by atoms with Crippen molar-refractivity contribution in [2.75, 3.05) is 11.9 Å². The molecule has 2 bridgehead atoms. The molecule has 3 atom stereocenters. The van der Waals surface area contributed by atoms with Crippen LogP contribution in [-0.4, -0.2) is 18.8 Å². The summed E-state index contributed by atoms with van der Waals surface area (Å²) >= 11 is 6.35. The molecule has 2 saturated heterocycles. The van der Waals surface area contributed by atoms with E-state index in [1.54, 1.807) is 0 Å². The second kappa shape index (κ2) is 6.42. The van der Waals surface area contributed by atoms with Crippen LogP contribution in [-0.2, 0) is 4.74 Å². The number of ether oxygens (including phenoxy) is 2. The van der Waals surface area contributed by atoms with Crippen molar-refractivity contribution in [3.05, 3.63) is 53.6 Å². The Balaban J connectivity index is 1.38. The number of benzene rings is 2. The number of rotatable bonds is 5. The number of hydrogen-bond donors (Lipinski definition) is 1. The van der Waals surface area contributed by atoms with Crippen LogP contribution in [0.4, 0.5) is 5.69 Å². The summed E-state index contributed by atoms with van der Waals surface area (Å²) < 4.78 is 11.7. The molecule has 2 aromatic rings. The minimum atomic E-state index is 0.448. The highest BCUT2D eigenvalue weighted by atomic mass is 35.5. The lowest BCUT2D eigenvalue weighted by atomic mass is 9.89. The van der Waals surface area contributed by atoms with Gasteiger partial charge in [0.1, 0.15) is 11.5 Å². The van der Waals surface area contributed by atoms with Crippen molar-refractivity contribution in [1.82, 2.24) is 0 Å². The molecule has 2 aromatic carbocycles. The molecule has 2 fully saturated rings. The predicted octanol–water partition coefficient (Wildman–Crippen LogP) is 5.11. The molecule has 2 aliphatic rings. The Kier molecular flexibility index (Phi) is 4.15. The van der Waals surface area contributed by atoms with Gasteiger partial charge in [-0.25, -0.2) is 0 Å². The van der Waals surface area contributed by atoms with Gasteiger partial charge in [0.25, 0.3) is 0 Å². The first-order chi connectivity index (χ1) is 11.3. The van der Waals surface area contributed by atoms with Crippen molar-refractivity contribution < 1.29 is 9.47 Å². The Morgan fingerprint density at radius 2 is 2.00 bits per heavy atom. The molecule has 3 unspecified atom stereocenters. The zero-order valence-electron chi connectivity index (χ0n) is 12.9. The van der Waals surface area contributed by atoms with Crippen molar-refractivity contribution in [3.8, 4) is 11.5 Å². The zero-order valence-corrected chi connectivity index (χ0v) is 13.6. The Morgan fingerprint density at radius 3 is 2.70 bits per heavy atom. The van der Waals surface area contributed by atoms with Crippen LogP contribution in [0.2, 0.25) is 5.02 Å². The number of anilines is 1. The quantitative estimate of drug-likeness (QED) is 0.826. The Hall–Kier alpha value is -1.71. The van der Waals surface area contributed by atoms with Crippen molar-refractivity contribution in [1.29, 1.82) is 0 Å². The number of fused-ring (bicyclic) bond motifs is 2. The number of para-hydroxylation sites is 1. The maximum absolute atomic E-state index is 6.35. The van der Waals surface area contributed by atoms with Crippen molar-refractivity contribution in [2.24, 2.45) is 5.92 Å². The lowest BCUT2D eigenvalue weighted by molar-refractivity contribution is 0.0941. The fourth-order valence-electron chi connectivity index (χ4n) is 3.52. The largest absolute Gasteiger partial charge is 0.456 e. The first-order valence-electron chi connectivity index (χ1n) is 8.20. The minimum absolute atomic E-state index is 0.448. The van der Waals surface area contributed by atoms with E-state index in [9.17, 15) is 0 Å². The van der Waals surface area contributed by atoms with Gasteiger partial charge in [-0.3, -0.25) is 0 Å². The van der Waals surface area contributed by atoms with Crippen LogP contribution >= 0.6 is 11.6 Å². The van der Waals surface area contributed by atoms with Gasteiger partial charge in [0.2, 0.25) is 0 Å². The van der Waals surface area contributed by atoms with E-state index in [-0.39, 0.29) is 0 Å². The van der Waals surface area contributed by atoms with Gasteiger partial charge >= 0.3 is 0 Å². The number of halogens is 1. The van der Waals surface area contributed by atoms with E-state index >= 15 is 0 Å². The summed E-state index contributed by atoms with van der Waals surface area (Å²) in [6, 6.07) is 15.5. The average molecular weight is 330 g/mol. The van der Waals surface area contributed by atoms with Crippen LogP contribution in [0.25, 0.3) is 0 Å². The standard InChI is InChI=1S/C19H20ClNO2/c20-17-11-14(21-12-13-10-16-7-9-18(13)23-16)6-8-19(17)22-15-4-2-1-3-5-15/h1-6,8,11,13,16,18,21H,7,9-10,12H2. The van der Waals surface area contributed by atoms with E-state index in [4.69, 9.17) is 21.1 Å². The Morgan fingerprint density at radius 1 is 1.13 bits per heavy atom. The van der Waals surface area contributed by atoms with Gasteiger partial charge in [0.15, 0.2) is 0 Å². The predicted molar refractivity (Wildman–Crippen MR) is 92.5 cm³/mol. The van der Waals surface area contributed by atoms with Crippen molar-refractivity contribution in [2.45, 2.75) is 31.5 Å². The highest BCUT2D eigenvalue weighted by molar-refractivity contribution is 6.32. The second-order valence-electron chi connectivity index (χ2n) is 6.31.